The molecule has 0 saturated heterocycles. The Kier molecular flexibility index (Phi) is 14.0. The molecule has 0 fully saturated rings. The summed E-state index contributed by atoms with van der Waals surface area (Å²) in [6.07, 6.45) is 13.7. The third-order valence-corrected chi connectivity index (χ3v) is 18.5. The Hall–Kier alpha value is 0.0287. The predicted molar refractivity (Wildman–Crippen MR) is 93.5 cm³/mol. The van der Waals surface area contributed by atoms with Crippen LogP contribution in [0.5, 0.6) is 0 Å². The Bertz CT molecular complexity index is 256. The van der Waals surface area contributed by atoms with Crippen molar-refractivity contribution in [2.45, 2.75) is 91.9 Å². The van der Waals surface area contributed by atoms with Crippen LogP contribution in [0.2, 0.25) is 13.3 Å². The summed E-state index contributed by atoms with van der Waals surface area (Å²) in [6, 6.07) is 2.25. The van der Waals surface area contributed by atoms with Crippen LogP contribution >= 0.6 is 0 Å². The monoisotopic (exact) mass is 385 g/mol. The second kappa shape index (κ2) is 14.0. The molecule has 0 N–H and O–H groups in total. The fraction of sp³-hybridized carbons (Fsp3) is 0.833. The van der Waals surface area contributed by atoms with Crippen LogP contribution in [0.4, 0.5) is 0 Å². The van der Waals surface area contributed by atoms with Gasteiger partial charge in [0.25, 0.3) is 0 Å². The molecule has 0 aromatic rings. The standard InChI is InChI=1S/C6H8N.3C4H9.Sn/c1-2-3-4-5-6-7;3*1-3-4-2;/h1-2H,3-5H2;3*1,3-4H2,2H3;. The van der Waals surface area contributed by atoms with E-state index in [2.05, 4.69) is 37.0 Å². The van der Waals surface area contributed by atoms with Gasteiger partial charge in [0.2, 0.25) is 0 Å². The van der Waals surface area contributed by atoms with Crippen LogP contribution < -0.4 is 0 Å². The number of hydrogen-bond donors (Lipinski definition) is 0. The van der Waals surface area contributed by atoms with Crippen LogP contribution in [0.15, 0.2) is 10.2 Å². The molecule has 0 aromatic heterocycles. The van der Waals surface area contributed by atoms with Crippen LogP contribution in [0.25, 0.3) is 0 Å². The number of rotatable bonds is 13. The van der Waals surface area contributed by atoms with E-state index in [0.717, 1.165) is 12.8 Å². The molecule has 0 atom stereocenters. The van der Waals surface area contributed by atoms with Crippen LogP contribution in [-0.4, -0.2) is 18.4 Å². The summed E-state index contributed by atoms with van der Waals surface area (Å²) in [4.78, 5) is 0. The van der Waals surface area contributed by atoms with Crippen molar-refractivity contribution in [1.29, 1.82) is 5.26 Å². The van der Waals surface area contributed by atoms with E-state index in [4.69, 9.17) is 5.26 Å². The van der Waals surface area contributed by atoms with Crippen molar-refractivity contribution >= 4 is 18.4 Å². The van der Waals surface area contributed by atoms with E-state index >= 15 is 0 Å². The van der Waals surface area contributed by atoms with Gasteiger partial charge in [-0.3, -0.25) is 0 Å². The first kappa shape index (κ1) is 20.0. The molecule has 0 aliphatic heterocycles. The molecule has 0 unspecified atom stereocenters. The van der Waals surface area contributed by atoms with E-state index < -0.39 is 18.4 Å². The van der Waals surface area contributed by atoms with Crippen LogP contribution in [0, 0.1) is 11.3 Å². The van der Waals surface area contributed by atoms with Crippen molar-refractivity contribution in [3.8, 4) is 6.07 Å². The molecule has 0 aromatic carbocycles. The fourth-order valence-corrected chi connectivity index (χ4v) is 17.4. The third-order valence-electron chi connectivity index (χ3n) is 4.22. The van der Waals surface area contributed by atoms with Gasteiger partial charge in [-0.2, -0.15) is 0 Å². The Labute approximate surface area is 131 Å². The molecule has 0 spiro atoms. The quantitative estimate of drug-likeness (QED) is 0.258. The molecule has 0 saturated carbocycles. The molecule has 1 nitrogen and oxygen atoms in total. The van der Waals surface area contributed by atoms with Gasteiger partial charge in [-0.25, -0.2) is 0 Å². The summed E-state index contributed by atoms with van der Waals surface area (Å²) in [5, 5.41) is 8.61. The molecule has 0 radical (unpaired) electrons. The average Bonchev–Trinajstić information content (AvgIpc) is 2.48. The molecule has 0 aliphatic carbocycles. The zero-order valence-corrected chi connectivity index (χ0v) is 16.9. The summed E-state index contributed by atoms with van der Waals surface area (Å²) in [7, 11) is 0. The van der Waals surface area contributed by atoms with Gasteiger partial charge in [0.15, 0.2) is 0 Å². The maximum atomic E-state index is 8.61. The Morgan fingerprint density at radius 3 is 1.75 bits per heavy atom. The van der Waals surface area contributed by atoms with Crippen LogP contribution in [0.1, 0.15) is 78.6 Å². The van der Waals surface area contributed by atoms with Crippen molar-refractivity contribution < 1.29 is 0 Å². The summed E-state index contributed by atoms with van der Waals surface area (Å²) in [5.74, 6) is 0. The first-order valence-corrected chi connectivity index (χ1v) is 16.5. The molecule has 116 valence electrons. The summed E-state index contributed by atoms with van der Waals surface area (Å²) < 4.78 is 7.40. The van der Waals surface area contributed by atoms with Crippen LogP contribution in [0.3, 0.4) is 0 Å². The summed E-state index contributed by atoms with van der Waals surface area (Å²) in [5.41, 5.74) is 0. The van der Waals surface area contributed by atoms with E-state index in [1.165, 1.54) is 38.5 Å². The Morgan fingerprint density at radius 2 is 1.35 bits per heavy atom. The molecule has 2 heteroatoms. The number of hydrogen-bond acceptors (Lipinski definition) is 1. The normalized spacial score (nSPS) is 11.9. The third kappa shape index (κ3) is 9.86. The molecule has 0 bridgehead atoms. The average molecular weight is 384 g/mol. The SMILES string of the molecule is CCC[CH2][Sn](/[CH]=C/CCCC#N)([CH2]CCC)[CH2]CCC. The fourth-order valence-electron chi connectivity index (χ4n) is 2.84. The first-order valence-electron chi connectivity index (χ1n) is 8.79. The van der Waals surface area contributed by atoms with Crippen molar-refractivity contribution in [3.05, 3.63) is 10.2 Å². The number of nitrogens with zero attached hydrogens (tertiary/aromatic N) is 1. The van der Waals surface area contributed by atoms with Gasteiger partial charge in [0.05, 0.1) is 0 Å². The van der Waals surface area contributed by atoms with E-state index in [0.29, 0.717) is 6.42 Å². The molecular formula is C18H35NSn. The molecule has 0 amide bonds. The van der Waals surface area contributed by atoms with E-state index in [9.17, 15) is 0 Å². The van der Waals surface area contributed by atoms with Gasteiger partial charge >= 0.3 is 132 Å². The Balaban J connectivity index is 4.61. The van der Waals surface area contributed by atoms with Gasteiger partial charge in [-0.1, -0.05) is 0 Å². The summed E-state index contributed by atoms with van der Waals surface area (Å²) >= 11 is -2.01. The van der Waals surface area contributed by atoms with E-state index in [1.807, 2.05) is 0 Å². The van der Waals surface area contributed by atoms with Crippen molar-refractivity contribution in [2.24, 2.45) is 0 Å². The zero-order chi connectivity index (χ0) is 15.1. The van der Waals surface area contributed by atoms with Gasteiger partial charge < -0.3 is 0 Å². The summed E-state index contributed by atoms with van der Waals surface area (Å²) in [6.45, 7) is 6.98. The molecule has 0 rings (SSSR count). The predicted octanol–water partition coefficient (Wildman–Crippen LogP) is 6.62. The zero-order valence-electron chi connectivity index (χ0n) is 14.1. The number of allylic oxidation sites excluding steroid dienone is 1. The van der Waals surface area contributed by atoms with Gasteiger partial charge in [0, 0.05) is 0 Å². The second-order valence-corrected chi connectivity index (χ2v) is 19.1. The van der Waals surface area contributed by atoms with Gasteiger partial charge in [0.1, 0.15) is 0 Å². The maximum absolute atomic E-state index is 8.61. The second-order valence-electron chi connectivity index (χ2n) is 6.13. The Morgan fingerprint density at radius 1 is 0.850 bits per heavy atom. The molecule has 0 heterocycles. The van der Waals surface area contributed by atoms with Crippen molar-refractivity contribution in [3.63, 3.8) is 0 Å². The van der Waals surface area contributed by atoms with Crippen molar-refractivity contribution in [1.82, 2.24) is 0 Å². The van der Waals surface area contributed by atoms with Gasteiger partial charge in [-0.15, -0.1) is 0 Å². The molecule has 20 heavy (non-hydrogen) atoms. The van der Waals surface area contributed by atoms with Crippen molar-refractivity contribution in [2.75, 3.05) is 0 Å². The minimum absolute atomic E-state index is 0.714. The first-order chi connectivity index (χ1) is 9.74. The number of nitriles is 1. The molecule has 0 aliphatic rings. The minimum atomic E-state index is -2.01. The van der Waals surface area contributed by atoms with Gasteiger partial charge in [-0.05, 0) is 0 Å². The molecular weight excluding hydrogens is 349 g/mol. The van der Waals surface area contributed by atoms with Crippen LogP contribution in [-0.2, 0) is 0 Å². The number of unbranched alkanes of at least 4 members (excludes halogenated alkanes) is 5. The van der Waals surface area contributed by atoms with E-state index in [-0.39, 0.29) is 0 Å². The van der Waals surface area contributed by atoms with E-state index in [1.54, 1.807) is 13.3 Å². The topological polar surface area (TPSA) is 23.8 Å².